The highest BCUT2D eigenvalue weighted by Crippen LogP contribution is 2.73. The maximum Gasteiger partial charge on any atom is 0.138 e. The Hall–Kier alpha value is -0.710. The molecule has 35 heavy (non-hydrogen) atoms. The number of hydrogen-bond acceptors (Lipinski definition) is 4. The number of epoxide rings is 1. The second-order valence-corrected chi connectivity index (χ2v) is 14.9. The van der Waals surface area contributed by atoms with Gasteiger partial charge in [-0.3, -0.25) is 4.79 Å². The summed E-state index contributed by atoms with van der Waals surface area (Å²) in [6.07, 6.45) is 9.47. The van der Waals surface area contributed by atoms with Crippen LogP contribution in [-0.4, -0.2) is 41.9 Å². The Labute approximate surface area is 213 Å². The Morgan fingerprint density at radius 3 is 2.34 bits per heavy atom. The Kier molecular flexibility index (Phi) is 5.85. The van der Waals surface area contributed by atoms with Crippen LogP contribution in [0, 0.1) is 45.3 Å². The van der Waals surface area contributed by atoms with Gasteiger partial charge in [-0.15, -0.1) is 0 Å². The van der Waals surface area contributed by atoms with E-state index in [1.54, 1.807) is 5.57 Å². The summed E-state index contributed by atoms with van der Waals surface area (Å²) in [5, 5.41) is 10.9. The SMILES string of the molecule is CO[C@H]1C=C2C(CC[C@@]3(C)[C@H](C(C)C[C@@H](O)[C@@H]4OC4(C)C)CC[C@]23C)[C@@]2(C)CCC(=O)C(C)(C)[C@H]12. The number of ketones is 1. The van der Waals surface area contributed by atoms with Gasteiger partial charge in [-0.05, 0) is 86.4 Å². The molecule has 4 fully saturated rings. The highest BCUT2D eigenvalue weighted by Gasteiger charge is 2.67. The maximum absolute atomic E-state index is 13.0. The van der Waals surface area contributed by atoms with Crippen LogP contribution in [0.2, 0.25) is 0 Å². The first kappa shape index (κ1) is 25.9. The molecule has 4 heteroatoms. The lowest BCUT2D eigenvalue weighted by atomic mass is 9.40. The molecule has 0 aromatic heterocycles. The third kappa shape index (κ3) is 3.44. The van der Waals surface area contributed by atoms with Crippen molar-refractivity contribution in [3.8, 4) is 0 Å². The summed E-state index contributed by atoms with van der Waals surface area (Å²) in [7, 11) is 1.84. The van der Waals surface area contributed by atoms with E-state index in [0.717, 1.165) is 12.8 Å². The highest BCUT2D eigenvalue weighted by molar-refractivity contribution is 5.85. The predicted octanol–water partition coefficient (Wildman–Crippen LogP) is 6.35. The number of rotatable bonds is 5. The van der Waals surface area contributed by atoms with E-state index < -0.39 is 0 Å². The molecule has 1 N–H and O–H groups in total. The summed E-state index contributed by atoms with van der Waals surface area (Å²) in [5.74, 6) is 2.23. The molecule has 0 amide bonds. The van der Waals surface area contributed by atoms with Crippen molar-refractivity contribution in [1.29, 1.82) is 0 Å². The first-order valence-corrected chi connectivity index (χ1v) is 14.3. The Balaban J connectivity index is 1.46. The number of aliphatic hydroxyl groups is 1. The van der Waals surface area contributed by atoms with Gasteiger partial charge in [-0.1, -0.05) is 53.2 Å². The van der Waals surface area contributed by atoms with E-state index in [0.29, 0.717) is 30.0 Å². The first-order valence-electron chi connectivity index (χ1n) is 14.3. The monoisotopic (exact) mass is 486 g/mol. The number of fused-ring (bicyclic) bond motifs is 5. The van der Waals surface area contributed by atoms with Crippen molar-refractivity contribution in [3.05, 3.63) is 11.6 Å². The van der Waals surface area contributed by atoms with E-state index in [2.05, 4.69) is 61.5 Å². The number of hydrogen-bond donors (Lipinski definition) is 1. The molecule has 0 radical (unpaired) electrons. The molecule has 1 aliphatic heterocycles. The van der Waals surface area contributed by atoms with Crippen LogP contribution in [0.4, 0.5) is 0 Å². The van der Waals surface area contributed by atoms with Gasteiger partial charge in [0.05, 0.1) is 17.8 Å². The largest absolute Gasteiger partial charge is 0.390 e. The number of methoxy groups -OCH3 is 1. The fourth-order valence-electron chi connectivity index (χ4n) is 10.3. The average Bonchev–Trinajstić information content (AvgIpc) is 3.31. The number of carbonyl (C=O) groups excluding carboxylic acids is 1. The minimum absolute atomic E-state index is 0.00258. The van der Waals surface area contributed by atoms with Crippen LogP contribution in [-0.2, 0) is 14.3 Å². The van der Waals surface area contributed by atoms with Crippen molar-refractivity contribution in [2.24, 2.45) is 45.3 Å². The summed E-state index contributed by atoms with van der Waals surface area (Å²) >= 11 is 0. The summed E-state index contributed by atoms with van der Waals surface area (Å²) in [4.78, 5) is 13.0. The number of ether oxygens (including phenoxy) is 2. The minimum atomic E-state index is -0.375. The normalized spacial score (nSPS) is 49.4. The van der Waals surface area contributed by atoms with Gasteiger partial charge in [-0.2, -0.15) is 0 Å². The molecule has 0 spiro atoms. The topological polar surface area (TPSA) is 59.1 Å². The predicted molar refractivity (Wildman–Crippen MR) is 139 cm³/mol. The molecule has 4 aliphatic carbocycles. The smallest absolute Gasteiger partial charge is 0.138 e. The second-order valence-electron chi connectivity index (χ2n) is 14.9. The van der Waals surface area contributed by atoms with E-state index in [-0.39, 0.29) is 51.5 Å². The third-order valence-electron chi connectivity index (χ3n) is 12.5. The zero-order chi connectivity index (χ0) is 25.8. The molecule has 3 saturated carbocycles. The van der Waals surface area contributed by atoms with Crippen molar-refractivity contribution in [2.75, 3.05) is 7.11 Å². The minimum Gasteiger partial charge on any atom is -0.390 e. The van der Waals surface area contributed by atoms with E-state index in [1.807, 2.05) is 7.11 Å². The van der Waals surface area contributed by atoms with E-state index in [1.165, 1.54) is 25.7 Å². The number of Topliss-reactive ketones (excluding diaryl/α,β-unsaturated/α-hetero) is 1. The molecule has 0 aromatic carbocycles. The van der Waals surface area contributed by atoms with Crippen LogP contribution in [0.15, 0.2) is 11.6 Å². The zero-order valence-electron chi connectivity index (χ0n) is 23.7. The molecule has 1 heterocycles. The van der Waals surface area contributed by atoms with E-state index in [9.17, 15) is 9.90 Å². The number of aliphatic hydroxyl groups excluding tert-OH is 1. The molecule has 0 bridgehead atoms. The fraction of sp³-hybridized carbons (Fsp3) is 0.903. The lowest BCUT2D eigenvalue weighted by molar-refractivity contribution is -0.159. The van der Waals surface area contributed by atoms with Crippen molar-refractivity contribution in [3.63, 3.8) is 0 Å². The van der Waals surface area contributed by atoms with Crippen molar-refractivity contribution >= 4 is 5.78 Å². The summed E-state index contributed by atoms with van der Waals surface area (Å²) in [6.45, 7) is 18.4. The van der Waals surface area contributed by atoms with E-state index >= 15 is 0 Å². The van der Waals surface area contributed by atoms with Gasteiger partial charge in [0.2, 0.25) is 0 Å². The molecule has 2 unspecified atom stereocenters. The van der Waals surface area contributed by atoms with Gasteiger partial charge < -0.3 is 14.6 Å². The standard InChI is InChI=1S/C31H50O4/c1-18(16-22(32)26-28(4,5)35-26)19-10-14-31(8)21-17-23(34-9)25-27(2,3)24(33)12-13-29(25,6)20(21)11-15-30(19,31)7/h17-20,22-23,25-26,32H,10-16H2,1-9H3/t18?,19-,20?,22+,23-,25-,26-,29+,30-,31+/m0/s1. The lowest BCUT2D eigenvalue weighted by Crippen LogP contribution is -2.61. The van der Waals surface area contributed by atoms with Gasteiger partial charge in [0.15, 0.2) is 0 Å². The van der Waals surface area contributed by atoms with Crippen LogP contribution in [0.3, 0.4) is 0 Å². The lowest BCUT2D eigenvalue weighted by Gasteiger charge is -2.64. The van der Waals surface area contributed by atoms with Gasteiger partial charge in [0, 0.05) is 24.9 Å². The van der Waals surface area contributed by atoms with Crippen LogP contribution < -0.4 is 0 Å². The molecular weight excluding hydrogens is 436 g/mol. The number of allylic oxidation sites excluding steroid dienone is 1. The Morgan fingerprint density at radius 1 is 1.09 bits per heavy atom. The zero-order valence-corrected chi connectivity index (χ0v) is 23.7. The molecule has 4 nitrogen and oxygen atoms in total. The van der Waals surface area contributed by atoms with Crippen LogP contribution >= 0.6 is 0 Å². The molecule has 5 rings (SSSR count). The van der Waals surface area contributed by atoms with E-state index in [4.69, 9.17) is 9.47 Å². The molecule has 10 atom stereocenters. The fourth-order valence-corrected chi connectivity index (χ4v) is 10.3. The van der Waals surface area contributed by atoms with Gasteiger partial charge in [0.1, 0.15) is 11.9 Å². The summed E-state index contributed by atoms with van der Waals surface area (Å²) < 4.78 is 12.0. The quantitative estimate of drug-likeness (QED) is 0.363. The molecule has 0 aromatic rings. The summed E-state index contributed by atoms with van der Waals surface area (Å²) in [6, 6.07) is 0. The second kappa shape index (κ2) is 7.90. The molecule has 198 valence electrons. The maximum atomic E-state index is 13.0. The van der Waals surface area contributed by atoms with Crippen molar-refractivity contribution < 1.29 is 19.4 Å². The average molecular weight is 487 g/mol. The van der Waals surface area contributed by atoms with Gasteiger partial charge in [0.25, 0.3) is 0 Å². The number of carbonyl (C=O) groups is 1. The first-order chi connectivity index (χ1) is 16.1. The third-order valence-corrected chi connectivity index (χ3v) is 12.5. The van der Waals surface area contributed by atoms with Crippen molar-refractivity contribution in [2.45, 2.75) is 124 Å². The van der Waals surface area contributed by atoms with Gasteiger partial charge in [-0.25, -0.2) is 0 Å². The summed E-state index contributed by atoms with van der Waals surface area (Å²) in [5.41, 5.74) is 1.57. The van der Waals surface area contributed by atoms with Crippen LogP contribution in [0.25, 0.3) is 0 Å². The van der Waals surface area contributed by atoms with Gasteiger partial charge >= 0.3 is 0 Å². The molecule has 1 saturated heterocycles. The Bertz CT molecular complexity index is 919. The molecular formula is C31H50O4. The van der Waals surface area contributed by atoms with Crippen LogP contribution in [0.5, 0.6) is 0 Å². The molecule has 5 aliphatic rings. The Morgan fingerprint density at radius 2 is 1.74 bits per heavy atom. The van der Waals surface area contributed by atoms with Crippen molar-refractivity contribution in [1.82, 2.24) is 0 Å². The highest BCUT2D eigenvalue weighted by atomic mass is 16.6. The van der Waals surface area contributed by atoms with Crippen LogP contribution in [0.1, 0.15) is 100 Å².